The summed E-state index contributed by atoms with van der Waals surface area (Å²) in [4.78, 5) is 10.7. The van der Waals surface area contributed by atoms with Gasteiger partial charge in [0.05, 0.1) is 6.42 Å². The summed E-state index contributed by atoms with van der Waals surface area (Å²) < 4.78 is 13.3. The lowest BCUT2D eigenvalue weighted by Gasteiger charge is -2.23. The lowest BCUT2D eigenvalue weighted by molar-refractivity contribution is -0.138. The maximum absolute atomic E-state index is 13.3. The lowest BCUT2D eigenvalue weighted by Crippen LogP contribution is -2.22. The number of hydrogen-bond donors (Lipinski definition) is 1. The molecule has 1 rings (SSSR count). The fourth-order valence-electron chi connectivity index (χ4n) is 1.73. The Bertz CT molecular complexity index is 397. The third-order valence-electron chi connectivity index (χ3n) is 2.74. The number of hydrogen-bond acceptors (Lipinski definition) is 1. The van der Waals surface area contributed by atoms with E-state index in [1.54, 1.807) is 0 Å². The van der Waals surface area contributed by atoms with Crippen LogP contribution in [0.2, 0.25) is 0 Å². The molecule has 0 unspecified atom stereocenters. The minimum Gasteiger partial charge on any atom is -0.481 e. The first-order valence-corrected chi connectivity index (χ1v) is 5.37. The monoisotopic (exact) mass is 224 g/mol. The van der Waals surface area contributed by atoms with E-state index in [1.165, 1.54) is 12.1 Å². The highest BCUT2D eigenvalue weighted by molar-refractivity contribution is 5.68. The van der Waals surface area contributed by atoms with Crippen LogP contribution in [0.25, 0.3) is 0 Å². The summed E-state index contributed by atoms with van der Waals surface area (Å²) in [6.45, 7) is 5.58. The smallest absolute Gasteiger partial charge is 0.304 e. The predicted molar refractivity (Wildman–Crippen MR) is 61.1 cm³/mol. The quantitative estimate of drug-likeness (QED) is 0.853. The standard InChI is InChI=1S/C13H17FO2/c1-4-9-5-10(7-11(14)6-9)13(2,3)8-12(15)16/h5-7H,4,8H2,1-3H3,(H,15,16). The molecule has 0 saturated carbocycles. The van der Waals surface area contributed by atoms with Gasteiger partial charge in [-0.3, -0.25) is 4.79 Å². The Morgan fingerprint density at radius 2 is 2.00 bits per heavy atom. The number of carbonyl (C=O) groups is 1. The van der Waals surface area contributed by atoms with Gasteiger partial charge in [0, 0.05) is 5.41 Å². The molecule has 0 aliphatic carbocycles. The summed E-state index contributed by atoms with van der Waals surface area (Å²) in [5.74, 6) is -1.17. The minimum atomic E-state index is -0.868. The molecule has 0 aromatic heterocycles. The Morgan fingerprint density at radius 1 is 1.38 bits per heavy atom. The number of halogens is 1. The van der Waals surface area contributed by atoms with Crippen LogP contribution in [0.1, 0.15) is 38.3 Å². The van der Waals surface area contributed by atoms with Crippen molar-refractivity contribution in [1.82, 2.24) is 0 Å². The van der Waals surface area contributed by atoms with Crippen molar-refractivity contribution in [1.29, 1.82) is 0 Å². The van der Waals surface area contributed by atoms with Crippen LogP contribution >= 0.6 is 0 Å². The molecule has 3 heteroatoms. The van der Waals surface area contributed by atoms with Crippen LogP contribution in [0, 0.1) is 5.82 Å². The van der Waals surface area contributed by atoms with Crippen LogP contribution in [0.4, 0.5) is 4.39 Å². The Balaban J connectivity index is 3.11. The third-order valence-corrected chi connectivity index (χ3v) is 2.74. The van der Waals surface area contributed by atoms with E-state index < -0.39 is 11.4 Å². The van der Waals surface area contributed by atoms with Crippen molar-refractivity contribution < 1.29 is 14.3 Å². The zero-order valence-electron chi connectivity index (χ0n) is 9.88. The van der Waals surface area contributed by atoms with Crippen LogP contribution < -0.4 is 0 Å². The fourth-order valence-corrected chi connectivity index (χ4v) is 1.73. The van der Waals surface area contributed by atoms with Crippen molar-refractivity contribution in [3.05, 3.63) is 35.1 Å². The van der Waals surface area contributed by atoms with Gasteiger partial charge in [-0.2, -0.15) is 0 Å². The van der Waals surface area contributed by atoms with Gasteiger partial charge in [0.1, 0.15) is 5.82 Å². The normalized spacial score (nSPS) is 11.5. The topological polar surface area (TPSA) is 37.3 Å². The highest BCUT2D eigenvalue weighted by atomic mass is 19.1. The van der Waals surface area contributed by atoms with Crippen LogP contribution in [0.15, 0.2) is 18.2 Å². The molecular weight excluding hydrogens is 207 g/mol. The van der Waals surface area contributed by atoms with Crippen LogP contribution in [-0.4, -0.2) is 11.1 Å². The number of rotatable bonds is 4. The van der Waals surface area contributed by atoms with Gasteiger partial charge in [0.15, 0.2) is 0 Å². The van der Waals surface area contributed by atoms with E-state index in [2.05, 4.69) is 0 Å². The van der Waals surface area contributed by atoms with E-state index >= 15 is 0 Å². The molecule has 0 aliphatic heterocycles. The van der Waals surface area contributed by atoms with E-state index in [0.717, 1.165) is 17.5 Å². The van der Waals surface area contributed by atoms with E-state index in [-0.39, 0.29) is 12.2 Å². The fraction of sp³-hybridized carbons (Fsp3) is 0.462. The van der Waals surface area contributed by atoms with E-state index in [1.807, 2.05) is 26.8 Å². The first-order valence-electron chi connectivity index (χ1n) is 5.37. The number of carboxylic acids is 1. The zero-order chi connectivity index (χ0) is 12.3. The first-order chi connectivity index (χ1) is 7.35. The molecule has 0 atom stereocenters. The lowest BCUT2D eigenvalue weighted by atomic mass is 9.81. The Kier molecular flexibility index (Phi) is 3.68. The highest BCUT2D eigenvalue weighted by Crippen LogP contribution is 2.28. The average molecular weight is 224 g/mol. The number of aliphatic carboxylic acids is 1. The van der Waals surface area contributed by atoms with Crippen molar-refractivity contribution in [2.75, 3.05) is 0 Å². The van der Waals surface area contributed by atoms with Gasteiger partial charge in [-0.05, 0) is 29.7 Å². The average Bonchev–Trinajstić information content (AvgIpc) is 2.14. The summed E-state index contributed by atoms with van der Waals surface area (Å²) in [7, 11) is 0. The molecule has 88 valence electrons. The molecule has 0 spiro atoms. The second-order valence-electron chi connectivity index (χ2n) is 4.66. The molecule has 0 bridgehead atoms. The van der Waals surface area contributed by atoms with Gasteiger partial charge in [-0.25, -0.2) is 4.39 Å². The maximum atomic E-state index is 13.3. The molecule has 0 fully saturated rings. The van der Waals surface area contributed by atoms with Gasteiger partial charge in [-0.15, -0.1) is 0 Å². The predicted octanol–water partition coefficient (Wildman–Crippen LogP) is 3.14. The molecule has 16 heavy (non-hydrogen) atoms. The molecule has 2 nitrogen and oxygen atoms in total. The van der Waals surface area contributed by atoms with Crippen molar-refractivity contribution in [3.8, 4) is 0 Å². The molecule has 1 aromatic carbocycles. The van der Waals surface area contributed by atoms with Crippen molar-refractivity contribution in [3.63, 3.8) is 0 Å². The summed E-state index contributed by atoms with van der Waals surface area (Å²) >= 11 is 0. The molecule has 0 amide bonds. The SMILES string of the molecule is CCc1cc(F)cc(C(C)(C)CC(=O)O)c1. The van der Waals surface area contributed by atoms with Crippen molar-refractivity contribution in [2.24, 2.45) is 0 Å². The number of aryl methyl sites for hydroxylation is 1. The summed E-state index contributed by atoms with van der Waals surface area (Å²) in [5, 5.41) is 8.81. The van der Waals surface area contributed by atoms with Crippen molar-refractivity contribution in [2.45, 2.75) is 39.0 Å². The zero-order valence-corrected chi connectivity index (χ0v) is 9.88. The highest BCUT2D eigenvalue weighted by Gasteiger charge is 2.24. The van der Waals surface area contributed by atoms with Gasteiger partial charge in [0.25, 0.3) is 0 Å². The van der Waals surface area contributed by atoms with Gasteiger partial charge in [0.2, 0.25) is 0 Å². The summed E-state index contributed by atoms with van der Waals surface area (Å²) in [5.41, 5.74) is 1.10. The van der Waals surface area contributed by atoms with Crippen LogP contribution in [0.3, 0.4) is 0 Å². The number of carboxylic acid groups (broad SMARTS) is 1. The first kappa shape index (κ1) is 12.7. The van der Waals surface area contributed by atoms with E-state index in [4.69, 9.17) is 5.11 Å². The second-order valence-corrected chi connectivity index (χ2v) is 4.66. The Morgan fingerprint density at radius 3 is 2.50 bits per heavy atom. The summed E-state index contributed by atoms with van der Waals surface area (Å²) in [6, 6.07) is 4.79. The van der Waals surface area contributed by atoms with Gasteiger partial charge >= 0.3 is 5.97 Å². The van der Waals surface area contributed by atoms with Crippen LogP contribution in [0.5, 0.6) is 0 Å². The molecule has 0 aliphatic rings. The number of benzene rings is 1. The molecule has 0 heterocycles. The molecule has 1 N–H and O–H groups in total. The van der Waals surface area contributed by atoms with E-state index in [9.17, 15) is 9.18 Å². The summed E-state index contributed by atoms with van der Waals surface area (Å²) in [6.07, 6.45) is 0.744. The third kappa shape index (κ3) is 3.05. The van der Waals surface area contributed by atoms with Gasteiger partial charge in [-0.1, -0.05) is 26.8 Å². The van der Waals surface area contributed by atoms with Crippen LogP contribution in [-0.2, 0) is 16.6 Å². The molecule has 0 saturated heterocycles. The van der Waals surface area contributed by atoms with Crippen molar-refractivity contribution >= 4 is 5.97 Å². The molecule has 1 aromatic rings. The van der Waals surface area contributed by atoms with Gasteiger partial charge < -0.3 is 5.11 Å². The Labute approximate surface area is 95.1 Å². The largest absolute Gasteiger partial charge is 0.481 e. The maximum Gasteiger partial charge on any atom is 0.304 e. The molecular formula is C13H17FO2. The second kappa shape index (κ2) is 4.64. The minimum absolute atomic E-state index is 0.000389. The van der Waals surface area contributed by atoms with E-state index in [0.29, 0.717) is 0 Å². The molecule has 0 radical (unpaired) electrons. The Hall–Kier alpha value is -1.38.